The van der Waals surface area contributed by atoms with Crippen molar-refractivity contribution in [1.82, 2.24) is 0 Å². The number of rotatable bonds is 4. The predicted molar refractivity (Wildman–Crippen MR) is 93.1 cm³/mol. The molecule has 1 aromatic carbocycles. The van der Waals surface area contributed by atoms with Crippen molar-refractivity contribution in [2.24, 2.45) is 0 Å². The van der Waals surface area contributed by atoms with E-state index in [1.165, 1.54) is 37.7 Å². The van der Waals surface area contributed by atoms with Crippen LogP contribution in [0.1, 0.15) is 63.9 Å². The van der Waals surface area contributed by atoms with Gasteiger partial charge in [-0.1, -0.05) is 62.6 Å². The molecule has 0 heterocycles. The van der Waals surface area contributed by atoms with Crippen molar-refractivity contribution in [3.8, 4) is 5.75 Å². The van der Waals surface area contributed by atoms with E-state index in [1.54, 1.807) is 7.11 Å². The molecule has 1 aliphatic rings. The van der Waals surface area contributed by atoms with Crippen molar-refractivity contribution in [3.63, 3.8) is 0 Å². The molecule has 21 heavy (non-hydrogen) atoms. The van der Waals surface area contributed by atoms with Gasteiger partial charge in [-0.3, -0.25) is 0 Å². The largest absolute Gasteiger partial charge is 0.497 e. The second kappa shape index (κ2) is 11.2. The van der Waals surface area contributed by atoms with Crippen LogP contribution in [0.4, 0.5) is 0 Å². The highest BCUT2D eigenvalue weighted by Crippen LogP contribution is 2.33. The van der Waals surface area contributed by atoms with Gasteiger partial charge >= 0.3 is 0 Å². The van der Waals surface area contributed by atoms with Crippen LogP contribution in [-0.4, -0.2) is 7.11 Å². The molecule has 0 atom stereocenters. The van der Waals surface area contributed by atoms with Gasteiger partial charge in [0, 0.05) is 0 Å². The molecule has 0 aromatic heterocycles. The number of methoxy groups -OCH3 is 1. The zero-order valence-corrected chi connectivity index (χ0v) is 13.8. The molecular weight excluding hydrogens is 256 g/mol. The van der Waals surface area contributed by atoms with E-state index in [1.807, 2.05) is 25.1 Å². The fraction of sp³-hybridized carbons (Fsp3) is 0.500. The van der Waals surface area contributed by atoms with Crippen LogP contribution in [-0.2, 0) is 0 Å². The second-order valence-electron chi connectivity index (χ2n) is 5.47. The minimum absolute atomic E-state index is 0.777. The number of ether oxygens (including phenoxy) is 1. The molecule has 0 N–H and O–H groups in total. The van der Waals surface area contributed by atoms with E-state index >= 15 is 0 Å². The van der Waals surface area contributed by atoms with Crippen LogP contribution in [0.5, 0.6) is 5.75 Å². The molecule has 1 aromatic rings. The lowest BCUT2D eigenvalue weighted by atomic mass is 9.84. The van der Waals surface area contributed by atoms with E-state index in [9.17, 15) is 0 Å². The predicted octanol–water partition coefficient (Wildman–Crippen LogP) is 6.27. The van der Waals surface area contributed by atoms with Crippen LogP contribution in [0, 0.1) is 0 Å². The molecular formula is C20H30O. The van der Waals surface area contributed by atoms with Gasteiger partial charge in [0.05, 0.1) is 7.11 Å². The maximum Gasteiger partial charge on any atom is 0.119 e. The van der Waals surface area contributed by atoms with Crippen molar-refractivity contribution in [2.45, 2.75) is 58.3 Å². The molecule has 1 nitrogen and oxygen atoms in total. The lowest BCUT2D eigenvalue weighted by Crippen LogP contribution is -2.04. The van der Waals surface area contributed by atoms with Crippen LogP contribution in [0.3, 0.4) is 0 Å². The molecule has 0 saturated heterocycles. The van der Waals surface area contributed by atoms with Gasteiger partial charge in [0.2, 0.25) is 0 Å². The fourth-order valence-corrected chi connectivity index (χ4v) is 2.66. The Balaban J connectivity index is 0.000000270. The maximum absolute atomic E-state index is 5.25. The first kappa shape index (κ1) is 17.6. The zero-order valence-electron chi connectivity index (χ0n) is 13.8. The van der Waals surface area contributed by atoms with Crippen molar-refractivity contribution >= 4 is 0 Å². The summed E-state index contributed by atoms with van der Waals surface area (Å²) in [6.07, 6.45) is 16.3. The summed E-state index contributed by atoms with van der Waals surface area (Å²) in [5.74, 6) is 1.77. The van der Waals surface area contributed by atoms with Gasteiger partial charge in [-0.05, 0) is 49.8 Å². The van der Waals surface area contributed by atoms with Gasteiger partial charge < -0.3 is 4.74 Å². The lowest BCUT2D eigenvalue weighted by molar-refractivity contribution is 0.409. The highest BCUT2D eigenvalue weighted by molar-refractivity contribution is 5.30. The highest BCUT2D eigenvalue weighted by atomic mass is 16.5. The summed E-state index contributed by atoms with van der Waals surface area (Å²) in [5.41, 5.74) is 1.46. The van der Waals surface area contributed by atoms with Gasteiger partial charge in [-0.25, -0.2) is 0 Å². The van der Waals surface area contributed by atoms with Gasteiger partial charge in [-0.2, -0.15) is 0 Å². The average molecular weight is 286 g/mol. The summed E-state index contributed by atoms with van der Waals surface area (Å²) < 4.78 is 5.25. The van der Waals surface area contributed by atoms with Crippen LogP contribution >= 0.6 is 0 Å². The first-order chi connectivity index (χ1) is 10.3. The Bertz CT molecular complexity index is 425. The minimum Gasteiger partial charge on any atom is -0.497 e. The molecule has 1 aliphatic carbocycles. The monoisotopic (exact) mass is 286 g/mol. The third kappa shape index (κ3) is 7.17. The molecule has 0 bridgehead atoms. The average Bonchev–Trinajstić information content (AvgIpc) is 2.57. The quantitative estimate of drug-likeness (QED) is 0.592. The Kier molecular flexibility index (Phi) is 9.35. The summed E-state index contributed by atoms with van der Waals surface area (Å²) in [6, 6.07) is 8.55. The van der Waals surface area contributed by atoms with E-state index in [0.717, 1.165) is 18.1 Å². The van der Waals surface area contributed by atoms with Gasteiger partial charge in [-0.15, -0.1) is 0 Å². The lowest BCUT2D eigenvalue weighted by Gasteiger charge is -2.22. The molecule has 1 saturated carbocycles. The van der Waals surface area contributed by atoms with Gasteiger partial charge in [0.25, 0.3) is 0 Å². The van der Waals surface area contributed by atoms with Crippen LogP contribution in [0.15, 0.2) is 48.6 Å². The number of allylic oxidation sites excluding steroid dienone is 4. The van der Waals surface area contributed by atoms with Crippen LogP contribution < -0.4 is 4.74 Å². The summed E-state index contributed by atoms with van der Waals surface area (Å²) in [4.78, 5) is 0. The van der Waals surface area contributed by atoms with Gasteiger partial charge in [0.15, 0.2) is 0 Å². The van der Waals surface area contributed by atoms with Crippen molar-refractivity contribution in [1.29, 1.82) is 0 Å². The Morgan fingerprint density at radius 2 is 1.90 bits per heavy atom. The number of hydrogen-bond donors (Lipinski definition) is 0. The molecule has 0 spiro atoms. The normalized spacial score (nSPS) is 16.0. The third-order valence-corrected chi connectivity index (χ3v) is 3.85. The van der Waals surface area contributed by atoms with E-state index in [2.05, 4.69) is 37.3 Å². The molecule has 2 rings (SSSR count). The topological polar surface area (TPSA) is 9.23 Å². The number of benzene rings is 1. The zero-order chi connectivity index (χ0) is 15.3. The molecule has 0 radical (unpaired) electrons. The molecule has 1 heteroatoms. The summed E-state index contributed by atoms with van der Waals surface area (Å²) in [7, 11) is 1.74. The molecule has 0 aliphatic heterocycles. The standard InChI is InChI=1S/C13H18O.C7H12/c1-14-13-9-5-8-12(10-13)11-6-3-2-4-7-11;1-3-5-7-6-4-2/h5,8-11H,2-4,6-7H2,1H3;3,5-7H,4H2,1-2H3/b;5-3-,7-6-. The third-order valence-electron chi connectivity index (χ3n) is 3.85. The summed E-state index contributed by atoms with van der Waals surface area (Å²) in [6.45, 7) is 4.14. The molecule has 0 unspecified atom stereocenters. The second-order valence-corrected chi connectivity index (χ2v) is 5.47. The van der Waals surface area contributed by atoms with Crippen molar-refractivity contribution in [3.05, 3.63) is 54.1 Å². The van der Waals surface area contributed by atoms with Crippen molar-refractivity contribution in [2.75, 3.05) is 7.11 Å². The fourth-order valence-electron chi connectivity index (χ4n) is 2.66. The van der Waals surface area contributed by atoms with Crippen LogP contribution in [0.2, 0.25) is 0 Å². The maximum atomic E-state index is 5.25. The first-order valence-electron chi connectivity index (χ1n) is 8.23. The minimum atomic E-state index is 0.777. The van der Waals surface area contributed by atoms with Gasteiger partial charge in [0.1, 0.15) is 5.75 Å². The Morgan fingerprint density at radius 1 is 1.14 bits per heavy atom. The summed E-state index contributed by atoms with van der Waals surface area (Å²) in [5, 5.41) is 0. The Morgan fingerprint density at radius 3 is 2.52 bits per heavy atom. The highest BCUT2D eigenvalue weighted by Gasteiger charge is 2.15. The summed E-state index contributed by atoms with van der Waals surface area (Å²) >= 11 is 0. The van der Waals surface area contributed by atoms with E-state index in [4.69, 9.17) is 4.74 Å². The van der Waals surface area contributed by atoms with E-state index in [0.29, 0.717) is 0 Å². The Hall–Kier alpha value is -1.50. The number of hydrogen-bond acceptors (Lipinski definition) is 1. The van der Waals surface area contributed by atoms with Crippen LogP contribution in [0.25, 0.3) is 0 Å². The smallest absolute Gasteiger partial charge is 0.119 e. The van der Waals surface area contributed by atoms with Crippen molar-refractivity contribution < 1.29 is 4.74 Å². The van der Waals surface area contributed by atoms with E-state index < -0.39 is 0 Å². The first-order valence-corrected chi connectivity index (χ1v) is 8.23. The van der Waals surface area contributed by atoms with E-state index in [-0.39, 0.29) is 0 Å². The molecule has 1 fully saturated rings. The SMILES string of the molecule is C/C=C\C=C/CC.COc1cccc(C2CCCCC2)c1. The molecule has 0 amide bonds. The molecule has 116 valence electrons. The Labute approximate surface area is 130 Å².